The second-order valence-electron chi connectivity index (χ2n) is 10.2. The topological polar surface area (TPSA) is 64.2 Å². The highest BCUT2D eigenvalue weighted by Gasteiger charge is 2.33. The number of likely N-dealkylation sites (tertiary alicyclic amines) is 2. The Morgan fingerprint density at radius 1 is 0.848 bits per heavy atom. The van der Waals surface area contributed by atoms with Crippen LogP contribution >= 0.6 is 0 Å². The van der Waals surface area contributed by atoms with Gasteiger partial charge in [-0.05, 0) is 94.3 Å². The number of piperazine rings is 1. The average Bonchev–Trinajstić information content (AvgIpc) is 3.51. The van der Waals surface area contributed by atoms with Crippen LogP contribution in [-0.2, 0) is 27.7 Å². The second-order valence-corrected chi connectivity index (χ2v) is 12.1. The third-order valence-electron chi connectivity index (χ3n) is 8.05. The minimum Gasteiger partial charge on any atom is -0.339 e. The van der Waals surface area contributed by atoms with Crippen molar-refractivity contribution in [3.05, 3.63) is 29.3 Å². The molecular formula is C25H38N4O3S. The molecule has 182 valence electrons. The van der Waals surface area contributed by atoms with Crippen LogP contribution in [0, 0.1) is 0 Å². The van der Waals surface area contributed by atoms with Crippen LogP contribution in [0.3, 0.4) is 0 Å². The molecule has 0 radical (unpaired) electrons. The molecule has 0 N–H and O–H groups in total. The van der Waals surface area contributed by atoms with E-state index in [1.54, 1.807) is 10.4 Å². The van der Waals surface area contributed by atoms with Crippen LogP contribution in [-0.4, -0.2) is 98.3 Å². The summed E-state index contributed by atoms with van der Waals surface area (Å²) in [6.45, 7) is 6.65. The lowest BCUT2D eigenvalue weighted by Crippen LogP contribution is -2.53. The third-order valence-corrected chi connectivity index (χ3v) is 9.95. The van der Waals surface area contributed by atoms with Gasteiger partial charge in [0.15, 0.2) is 0 Å². The Labute approximate surface area is 198 Å². The quantitative estimate of drug-likeness (QED) is 0.631. The van der Waals surface area contributed by atoms with Gasteiger partial charge in [0.25, 0.3) is 0 Å². The molecule has 3 heterocycles. The first-order chi connectivity index (χ1) is 16.0. The zero-order valence-corrected chi connectivity index (χ0v) is 20.6. The van der Waals surface area contributed by atoms with Crippen LogP contribution in [0.4, 0.5) is 0 Å². The standard InChI is InChI=1S/C25H38N4O3S/c30-25(20-28-13-5-8-23(28)19-26-11-3-4-12-26)27-14-16-29(17-15-27)33(31,32)24-10-9-21-6-1-2-7-22(21)18-24/h9-10,18,23H,1-8,11-17,19-20H2. The fourth-order valence-electron chi connectivity index (χ4n) is 6.04. The molecule has 0 aromatic heterocycles. The van der Waals surface area contributed by atoms with E-state index in [1.807, 2.05) is 17.0 Å². The zero-order chi connectivity index (χ0) is 22.8. The molecule has 33 heavy (non-hydrogen) atoms. The summed E-state index contributed by atoms with van der Waals surface area (Å²) in [5.74, 6) is 0.147. The molecule has 5 rings (SSSR count). The predicted octanol–water partition coefficient (Wildman–Crippen LogP) is 1.96. The Bertz CT molecular complexity index is 952. The molecule has 1 aromatic rings. The van der Waals surface area contributed by atoms with Crippen molar-refractivity contribution >= 4 is 15.9 Å². The van der Waals surface area contributed by atoms with E-state index in [4.69, 9.17) is 0 Å². The van der Waals surface area contributed by atoms with Gasteiger partial charge >= 0.3 is 0 Å². The van der Waals surface area contributed by atoms with Crippen molar-refractivity contribution in [1.29, 1.82) is 0 Å². The Kier molecular flexibility index (Phi) is 7.07. The van der Waals surface area contributed by atoms with Crippen LogP contribution in [0.25, 0.3) is 0 Å². The van der Waals surface area contributed by atoms with Gasteiger partial charge in [0.2, 0.25) is 15.9 Å². The molecule has 1 amide bonds. The number of sulfonamides is 1. The molecule has 4 aliphatic rings. The number of nitrogens with zero attached hydrogens (tertiary/aromatic N) is 4. The molecule has 3 aliphatic heterocycles. The normalized spacial score (nSPS) is 25.5. The van der Waals surface area contributed by atoms with Gasteiger partial charge in [-0.2, -0.15) is 4.31 Å². The number of carbonyl (C=O) groups is 1. The van der Waals surface area contributed by atoms with E-state index in [1.165, 1.54) is 56.3 Å². The summed E-state index contributed by atoms with van der Waals surface area (Å²) < 4.78 is 28.1. The van der Waals surface area contributed by atoms with Gasteiger partial charge in [0.1, 0.15) is 0 Å². The lowest BCUT2D eigenvalue weighted by molar-refractivity contribution is -0.133. The van der Waals surface area contributed by atoms with Crippen molar-refractivity contribution in [2.45, 2.75) is 62.3 Å². The summed E-state index contributed by atoms with van der Waals surface area (Å²) in [4.78, 5) is 20.2. The molecule has 7 nitrogen and oxygen atoms in total. The molecule has 8 heteroatoms. The Morgan fingerprint density at radius 2 is 1.58 bits per heavy atom. The maximum atomic E-state index is 13.2. The molecular weight excluding hydrogens is 436 g/mol. The van der Waals surface area contributed by atoms with Crippen molar-refractivity contribution in [1.82, 2.24) is 19.0 Å². The smallest absolute Gasteiger partial charge is 0.243 e. The summed E-state index contributed by atoms with van der Waals surface area (Å²) in [7, 11) is -3.51. The third kappa shape index (κ3) is 5.14. The van der Waals surface area contributed by atoms with Crippen molar-refractivity contribution in [3.8, 4) is 0 Å². The fraction of sp³-hybridized carbons (Fsp3) is 0.720. The van der Waals surface area contributed by atoms with Gasteiger partial charge in [-0.1, -0.05) is 6.07 Å². The number of fused-ring (bicyclic) bond motifs is 1. The maximum Gasteiger partial charge on any atom is 0.243 e. The number of hydrogen-bond donors (Lipinski definition) is 0. The summed E-state index contributed by atoms with van der Waals surface area (Å²) >= 11 is 0. The van der Waals surface area contributed by atoms with Gasteiger partial charge in [0, 0.05) is 38.8 Å². The van der Waals surface area contributed by atoms with Gasteiger partial charge in [0.05, 0.1) is 11.4 Å². The summed E-state index contributed by atoms with van der Waals surface area (Å²) in [6.07, 6.45) is 9.27. The van der Waals surface area contributed by atoms with Crippen LogP contribution in [0.15, 0.2) is 23.1 Å². The molecule has 3 fully saturated rings. The van der Waals surface area contributed by atoms with Crippen LogP contribution in [0.2, 0.25) is 0 Å². The minimum atomic E-state index is -3.51. The molecule has 1 atom stereocenters. The Morgan fingerprint density at radius 3 is 2.33 bits per heavy atom. The molecule has 0 saturated carbocycles. The Hall–Kier alpha value is -1.48. The molecule has 3 saturated heterocycles. The van der Waals surface area contributed by atoms with E-state index < -0.39 is 10.0 Å². The first-order valence-corrected chi connectivity index (χ1v) is 14.3. The summed E-state index contributed by atoms with van der Waals surface area (Å²) in [5, 5.41) is 0. The van der Waals surface area contributed by atoms with E-state index >= 15 is 0 Å². The largest absolute Gasteiger partial charge is 0.339 e. The minimum absolute atomic E-state index is 0.147. The number of benzene rings is 1. The fourth-order valence-corrected chi connectivity index (χ4v) is 7.52. The SMILES string of the molecule is O=C(CN1CCCC1CN1CCCC1)N1CCN(S(=O)(=O)c2ccc3c(c2)CCCC3)CC1. The van der Waals surface area contributed by atoms with Gasteiger partial charge in [-0.3, -0.25) is 9.69 Å². The predicted molar refractivity (Wildman–Crippen MR) is 129 cm³/mol. The van der Waals surface area contributed by atoms with Crippen molar-refractivity contribution in [3.63, 3.8) is 0 Å². The van der Waals surface area contributed by atoms with Gasteiger partial charge in [-0.15, -0.1) is 0 Å². The first-order valence-electron chi connectivity index (χ1n) is 12.9. The van der Waals surface area contributed by atoms with Crippen molar-refractivity contribution < 1.29 is 13.2 Å². The lowest BCUT2D eigenvalue weighted by Gasteiger charge is -2.36. The second kappa shape index (κ2) is 10.0. The van der Waals surface area contributed by atoms with E-state index in [2.05, 4.69) is 9.80 Å². The first kappa shape index (κ1) is 23.3. The number of amides is 1. The highest BCUT2D eigenvalue weighted by Crippen LogP contribution is 2.26. The van der Waals surface area contributed by atoms with Gasteiger partial charge in [-0.25, -0.2) is 8.42 Å². The summed E-state index contributed by atoms with van der Waals surface area (Å²) in [5.41, 5.74) is 2.48. The molecule has 0 spiro atoms. The van der Waals surface area contributed by atoms with Crippen LogP contribution < -0.4 is 0 Å². The molecule has 0 bridgehead atoms. The van der Waals surface area contributed by atoms with Crippen molar-refractivity contribution in [2.75, 3.05) is 58.9 Å². The molecule has 1 unspecified atom stereocenters. The number of aryl methyl sites for hydroxylation is 2. The Balaban J connectivity index is 1.15. The highest BCUT2D eigenvalue weighted by molar-refractivity contribution is 7.89. The van der Waals surface area contributed by atoms with E-state index in [-0.39, 0.29) is 5.91 Å². The maximum absolute atomic E-state index is 13.2. The molecule has 1 aliphatic carbocycles. The number of hydrogen-bond acceptors (Lipinski definition) is 5. The number of carbonyl (C=O) groups excluding carboxylic acids is 1. The molecule has 1 aromatic carbocycles. The zero-order valence-electron chi connectivity index (χ0n) is 19.8. The highest BCUT2D eigenvalue weighted by atomic mass is 32.2. The van der Waals surface area contributed by atoms with E-state index in [0.717, 1.165) is 32.4 Å². The van der Waals surface area contributed by atoms with E-state index in [0.29, 0.717) is 43.7 Å². The van der Waals surface area contributed by atoms with Crippen LogP contribution in [0.5, 0.6) is 0 Å². The van der Waals surface area contributed by atoms with E-state index in [9.17, 15) is 13.2 Å². The van der Waals surface area contributed by atoms with Gasteiger partial charge < -0.3 is 9.80 Å². The van der Waals surface area contributed by atoms with Crippen molar-refractivity contribution in [2.24, 2.45) is 0 Å². The lowest BCUT2D eigenvalue weighted by atomic mass is 9.92. The number of rotatable bonds is 6. The monoisotopic (exact) mass is 474 g/mol. The average molecular weight is 475 g/mol. The van der Waals surface area contributed by atoms with Crippen LogP contribution in [0.1, 0.15) is 49.7 Å². The summed E-state index contributed by atoms with van der Waals surface area (Å²) in [6, 6.07) is 6.13.